The summed E-state index contributed by atoms with van der Waals surface area (Å²) in [5.41, 5.74) is 1.57. The molecule has 0 radical (unpaired) electrons. The molecule has 0 aromatic carbocycles. The van der Waals surface area contributed by atoms with Crippen molar-refractivity contribution >= 4 is 29.1 Å². The van der Waals surface area contributed by atoms with Gasteiger partial charge in [0.15, 0.2) is 5.17 Å². The smallest absolute Gasteiger partial charge is 0.314 e. The molecule has 0 fully saturated rings. The number of carbonyl (C=O) groups is 1. The molecule has 0 saturated heterocycles. The van der Waals surface area contributed by atoms with Crippen molar-refractivity contribution in [3.8, 4) is 0 Å². The molecule has 80 valence electrons. The number of hydrogen-bond donors (Lipinski definition) is 0. The first kappa shape index (κ1) is 10.2. The van der Waals surface area contributed by atoms with Crippen LogP contribution in [0.4, 0.5) is 0 Å². The SMILES string of the molecule is COC(=O)C1CN2N=CN=C(Cl)C2=C1C. The minimum Gasteiger partial charge on any atom is -0.469 e. The molecule has 0 spiro atoms. The molecule has 6 heteroatoms. The Kier molecular flexibility index (Phi) is 2.48. The molecule has 0 N–H and O–H groups in total. The van der Waals surface area contributed by atoms with Gasteiger partial charge in [-0.2, -0.15) is 5.10 Å². The second kappa shape index (κ2) is 3.66. The zero-order chi connectivity index (χ0) is 11.0. The summed E-state index contributed by atoms with van der Waals surface area (Å²) in [7, 11) is 1.37. The van der Waals surface area contributed by atoms with E-state index in [1.54, 1.807) is 5.01 Å². The predicted molar refractivity (Wildman–Crippen MR) is 56.7 cm³/mol. The Morgan fingerprint density at radius 1 is 1.73 bits per heavy atom. The van der Waals surface area contributed by atoms with Crippen molar-refractivity contribution in [2.24, 2.45) is 16.0 Å². The van der Waals surface area contributed by atoms with E-state index in [2.05, 4.69) is 10.1 Å². The first-order chi connectivity index (χ1) is 7.15. The Bertz CT molecular complexity index is 400. The Hall–Kier alpha value is -1.36. The molecule has 0 aromatic heterocycles. The van der Waals surface area contributed by atoms with Gasteiger partial charge in [0.05, 0.1) is 25.3 Å². The van der Waals surface area contributed by atoms with E-state index in [1.165, 1.54) is 13.4 Å². The first-order valence-electron chi connectivity index (χ1n) is 4.47. The Morgan fingerprint density at radius 2 is 2.47 bits per heavy atom. The molecule has 2 rings (SSSR count). The molecular formula is C9H10ClN3O2. The number of halogens is 1. The molecule has 5 nitrogen and oxygen atoms in total. The van der Waals surface area contributed by atoms with Crippen LogP contribution in [-0.4, -0.2) is 36.1 Å². The van der Waals surface area contributed by atoms with Gasteiger partial charge in [-0.15, -0.1) is 0 Å². The van der Waals surface area contributed by atoms with E-state index in [-0.39, 0.29) is 11.9 Å². The maximum Gasteiger partial charge on any atom is 0.314 e. The predicted octanol–water partition coefficient (Wildman–Crippen LogP) is 0.959. The maximum absolute atomic E-state index is 11.5. The van der Waals surface area contributed by atoms with Crippen molar-refractivity contribution in [3.05, 3.63) is 11.3 Å². The lowest BCUT2D eigenvalue weighted by Gasteiger charge is -2.17. The number of esters is 1. The van der Waals surface area contributed by atoms with Crippen LogP contribution in [0.25, 0.3) is 0 Å². The molecule has 2 aliphatic heterocycles. The topological polar surface area (TPSA) is 54.3 Å². The summed E-state index contributed by atoms with van der Waals surface area (Å²) in [5.74, 6) is -0.571. The molecule has 15 heavy (non-hydrogen) atoms. The lowest BCUT2D eigenvalue weighted by atomic mass is 10.0. The maximum atomic E-state index is 11.5. The van der Waals surface area contributed by atoms with Gasteiger partial charge in [0.2, 0.25) is 0 Å². The number of allylic oxidation sites excluding steroid dienone is 1. The number of hydrazone groups is 1. The van der Waals surface area contributed by atoms with E-state index in [9.17, 15) is 4.79 Å². The van der Waals surface area contributed by atoms with Crippen molar-refractivity contribution in [3.63, 3.8) is 0 Å². The summed E-state index contributed by atoms with van der Waals surface area (Å²) in [5, 5.41) is 6.07. The molecule has 2 aliphatic rings. The zero-order valence-corrected chi connectivity index (χ0v) is 9.15. The largest absolute Gasteiger partial charge is 0.469 e. The van der Waals surface area contributed by atoms with Crippen LogP contribution >= 0.6 is 11.6 Å². The average molecular weight is 228 g/mol. The fourth-order valence-electron chi connectivity index (χ4n) is 1.74. The number of hydrogen-bond acceptors (Lipinski definition) is 5. The van der Waals surface area contributed by atoms with Crippen LogP contribution in [0, 0.1) is 5.92 Å². The Labute approximate surface area is 92.1 Å². The third kappa shape index (κ3) is 1.52. The van der Waals surface area contributed by atoms with Crippen molar-refractivity contribution in [1.29, 1.82) is 0 Å². The van der Waals surface area contributed by atoms with Gasteiger partial charge in [-0.1, -0.05) is 11.6 Å². The van der Waals surface area contributed by atoms with Gasteiger partial charge in [0.25, 0.3) is 0 Å². The standard InChI is InChI=1S/C9H10ClN3O2/c1-5-6(9(14)15-2)3-13-7(5)8(10)11-4-12-13/h4,6H,3H2,1-2H3. The summed E-state index contributed by atoms with van der Waals surface area (Å²) >= 11 is 5.93. The highest BCUT2D eigenvalue weighted by Crippen LogP contribution is 2.32. The van der Waals surface area contributed by atoms with Gasteiger partial charge >= 0.3 is 5.97 Å². The highest BCUT2D eigenvalue weighted by Gasteiger charge is 2.37. The van der Waals surface area contributed by atoms with E-state index < -0.39 is 0 Å². The molecule has 0 amide bonds. The van der Waals surface area contributed by atoms with Crippen LogP contribution < -0.4 is 0 Å². The molecular weight excluding hydrogens is 218 g/mol. The minimum absolute atomic E-state index is 0.269. The number of aliphatic imine (C=N–C) groups is 1. The quantitative estimate of drug-likeness (QED) is 0.627. The molecule has 2 heterocycles. The summed E-state index contributed by atoms with van der Waals surface area (Å²) in [6, 6.07) is 0. The summed E-state index contributed by atoms with van der Waals surface area (Å²) in [6.45, 7) is 2.31. The molecule has 0 saturated carbocycles. The Balaban J connectivity index is 2.36. The van der Waals surface area contributed by atoms with Gasteiger partial charge in [-0.3, -0.25) is 9.80 Å². The van der Waals surface area contributed by atoms with E-state index >= 15 is 0 Å². The second-order valence-corrected chi connectivity index (χ2v) is 3.70. The van der Waals surface area contributed by atoms with Crippen LogP contribution in [0.1, 0.15) is 6.92 Å². The van der Waals surface area contributed by atoms with Crippen molar-refractivity contribution in [1.82, 2.24) is 5.01 Å². The molecule has 0 bridgehead atoms. The lowest BCUT2D eigenvalue weighted by molar-refractivity contribution is -0.144. The first-order valence-corrected chi connectivity index (χ1v) is 4.85. The number of methoxy groups -OCH3 is 1. The van der Waals surface area contributed by atoms with Crippen LogP contribution in [0.5, 0.6) is 0 Å². The van der Waals surface area contributed by atoms with Gasteiger partial charge < -0.3 is 4.74 Å². The van der Waals surface area contributed by atoms with Crippen LogP contribution in [0.3, 0.4) is 0 Å². The third-order valence-electron chi connectivity index (χ3n) is 2.55. The van der Waals surface area contributed by atoms with Gasteiger partial charge in [-0.05, 0) is 12.5 Å². The molecule has 1 unspecified atom stereocenters. The zero-order valence-electron chi connectivity index (χ0n) is 8.40. The minimum atomic E-state index is -0.302. The third-order valence-corrected chi connectivity index (χ3v) is 2.83. The highest BCUT2D eigenvalue weighted by atomic mass is 35.5. The highest BCUT2D eigenvalue weighted by molar-refractivity contribution is 6.70. The molecule has 0 aromatic rings. The summed E-state index contributed by atoms with van der Waals surface area (Å²) in [4.78, 5) is 15.3. The van der Waals surface area contributed by atoms with Crippen molar-refractivity contribution < 1.29 is 9.53 Å². The van der Waals surface area contributed by atoms with E-state index in [4.69, 9.17) is 16.3 Å². The van der Waals surface area contributed by atoms with Crippen LogP contribution in [-0.2, 0) is 9.53 Å². The average Bonchev–Trinajstić information content (AvgIpc) is 2.56. The van der Waals surface area contributed by atoms with E-state index in [0.717, 1.165) is 11.3 Å². The van der Waals surface area contributed by atoms with E-state index in [0.29, 0.717) is 11.7 Å². The van der Waals surface area contributed by atoms with Crippen molar-refractivity contribution in [2.45, 2.75) is 6.92 Å². The number of carbonyl (C=O) groups excluding carboxylic acids is 1. The molecule has 1 atom stereocenters. The van der Waals surface area contributed by atoms with Gasteiger partial charge in [0, 0.05) is 0 Å². The Morgan fingerprint density at radius 3 is 3.07 bits per heavy atom. The summed E-state index contributed by atoms with van der Waals surface area (Å²) in [6.07, 6.45) is 1.37. The number of ether oxygens (including phenoxy) is 1. The lowest BCUT2D eigenvalue weighted by Crippen LogP contribution is -2.24. The van der Waals surface area contributed by atoms with Crippen molar-refractivity contribution in [2.75, 3.05) is 13.7 Å². The van der Waals surface area contributed by atoms with Crippen LogP contribution in [0.2, 0.25) is 0 Å². The normalized spacial score (nSPS) is 24.1. The van der Waals surface area contributed by atoms with Crippen LogP contribution in [0.15, 0.2) is 21.4 Å². The van der Waals surface area contributed by atoms with Gasteiger partial charge in [-0.25, -0.2) is 4.99 Å². The molecule has 0 aliphatic carbocycles. The van der Waals surface area contributed by atoms with E-state index in [1.807, 2.05) is 6.92 Å². The fraction of sp³-hybridized carbons (Fsp3) is 0.444. The van der Waals surface area contributed by atoms with Gasteiger partial charge in [0.1, 0.15) is 6.34 Å². The summed E-state index contributed by atoms with van der Waals surface area (Å²) < 4.78 is 4.71. The number of nitrogens with zero attached hydrogens (tertiary/aromatic N) is 3. The monoisotopic (exact) mass is 227 g/mol. The second-order valence-electron chi connectivity index (χ2n) is 3.34. The number of fused-ring (bicyclic) bond motifs is 1. The number of rotatable bonds is 1. The fourth-order valence-corrected chi connectivity index (χ4v) is 2.03.